The lowest BCUT2D eigenvalue weighted by Crippen LogP contribution is -2.47. The lowest BCUT2D eigenvalue weighted by molar-refractivity contribution is 0.118. The topological polar surface area (TPSA) is 17.3 Å². The molecule has 57 valence electrons. The van der Waals surface area contributed by atoms with E-state index in [0.29, 0.717) is 0 Å². The molecule has 1 radical (unpaired) electrons. The summed E-state index contributed by atoms with van der Waals surface area (Å²) in [7, 11) is 2.23. The Morgan fingerprint density at radius 2 is 1.80 bits per heavy atom. The number of likely N-dealkylation sites (tertiary alicyclic amines) is 1. The fourth-order valence-electron chi connectivity index (χ4n) is 2.28. The summed E-state index contributed by atoms with van der Waals surface area (Å²) >= 11 is 0. The molecule has 2 rings (SSSR count). The molecule has 0 aliphatic carbocycles. The maximum absolute atomic E-state index is 4.47. The first kappa shape index (κ1) is 6.62. The van der Waals surface area contributed by atoms with E-state index in [0.717, 1.165) is 24.9 Å². The van der Waals surface area contributed by atoms with E-state index >= 15 is 0 Å². The van der Waals surface area contributed by atoms with Gasteiger partial charge in [-0.2, -0.15) is 0 Å². The van der Waals surface area contributed by atoms with Gasteiger partial charge in [0.2, 0.25) is 0 Å². The average molecular weight is 139 g/mol. The second-order valence-electron chi connectivity index (χ2n) is 3.78. The summed E-state index contributed by atoms with van der Waals surface area (Å²) in [6.07, 6.45) is 1.44. The van der Waals surface area contributed by atoms with E-state index in [1.807, 2.05) is 0 Å². The molecule has 2 saturated heterocycles. The number of hydrogen-bond acceptors (Lipinski definition) is 1. The second-order valence-corrected chi connectivity index (χ2v) is 3.78. The molecule has 2 unspecified atom stereocenters. The van der Waals surface area contributed by atoms with E-state index in [2.05, 4.69) is 17.3 Å². The molecule has 2 heterocycles. The van der Waals surface area contributed by atoms with E-state index in [-0.39, 0.29) is 0 Å². The summed E-state index contributed by atoms with van der Waals surface area (Å²) in [6, 6.07) is 0. The number of rotatable bonds is 0. The monoisotopic (exact) mass is 139 g/mol. The highest BCUT2D eigenvalue weighted by Gasteiger charge is 2.28. The van der Waals surface area contributed by atoms with Crippen molar-refractivity contribution in [2.45, 2.75) is 6.42 Å². The Kier molecular flexibility index (Phi) is 1.66. The van der Waals surface area contributed by atoms with Crippen LogP contribution in [-0.4, -0.2) is 38.1 Å². The molecule has 0 aromatic rings. The summed E-state index contributed by atoms with van der Waals surface area (Å²) in [6.45, 7) is 4.81. The minimum absolute atomic E-state index is 0.887. The van der Waals surface area contributed by atoms with Crippen LogP contribution in [0.15, 0.2) is 0 Å². The first-order chi connectivity index (χ1) is 4.84. The van der Waals surface area contributed by atoms with Crippen molar-refractivity contribution in [1.82, 2.24) is 10.2 Å². The number of piperidine rings is 2. The molecule has 0 spiro atoms. The zero-order valence-corrected chi connectivity index (χ0v) is 6.58. The van der Waals surface area contributed by atoms with Gasteiger partial charge in [0.05, 0.1) is 0 Å². The van der Waals surface area contributed by atoms with Gasteiger partial charge in [-0.1, -0.05) is 0 Å². The normalized spacial score (nSPS) is 41.7. The predicted molar refractivity (Wildman–Crippen MR) is 41.0 cm³/mol. The van der Waals surface area contributed by atoms with Crippen molar-refractivity contribution in [3.63, 3.8) is 0 Å². The van der Waals surface area contributed by atoms with E-state index < -0.39 is 0 Å². The lowest BCUT2D eigenvalue weighted by Gasteiger charge is -2.39. The molecule has 0 aromatic heterocycles. The summed E-state index contributed by atoms with van der Waals surface area (Å²) in [4.78, 5) is 2.45. The van der Waals surface area contributed by atoms with Crippen molar-refractivity contribution < 1.29 is 0 Å². The van der Waals surface area contributed by atoms with Gasteiger partial charge in [0.25, 0.3) is 0 Å². The van der Waals surface area contributed by atoms with Gasteiger partial charge >= 0.3 is 0 Å². The molecule has 2 atom stereocenters. The lowest BCUT2D eigenvalue weighted by atomic mass is 9.86. The minimum atomic E-state index is 0.887. The Morgan fingerprint density at radius 1 is 1.20 bits per heavy atom. The number of nitrogens with zero attached hydrogens (tertiary/aromatic N) is 2. The van der Waals surface area contributed by atoms with Crippen molar-refractivity contribution in [2.24, 2.45) is 11.8 Å². The third-order valence-corrected chi connectivity index (χ3v) is 2.58. The van der Waals surface area contributed by atoms with Crippen LogP contribution in [0, 0.1) is 11.8 Å². The zero-order chi connectivity index (χ0) is 6.97. The molecule has 2 aliphatic heterocycles. The van der Waals surface area contributed by atoms with Crippen LogP contribution < -0.4 is 5.32 Å². The van der Waals surface area contributed by atoms with Gasteiger partial charge in [0.15, 0.2) is 0 Å². The van der Waals surface area contributed by atoms with Crippen LogP contribution in [0.1, 0.15) is 6.42 Å². The molecule has 0 amide bonds. The van der Waals surface area contributed by atoms with Gasteiger partial charge in [0, 0.05) is 26.2 Å². The maximum Gasteiger partial charge on any atom is 0.0174 e. The molecule has 2 aliphatic rings. The number of fused-ring (bicyclic) bond motifs is 2. The Balaban J connectivity index is 1.98. The van der Waals surface area contributed by atoms with Crippen LogP contribution in [-0.2, 0) is 0 Å². The first-order valence-corrected chi connectivity index (χ1v) is 4.16. The fourth-order valence-corrected chi connectivity index (χ4v) is 2.28. The highest BCUT2D eigenvalue weighted by molar-refractivity contribution is 4.83. The zero-order valence-electron chi connectivity index (χ0n) is 6.58. The van der Waals surface area contributed by atoms with Crippen LogP contribution in [0.5, 0.6) is 0 Å². The van der Waals surface area contributed by atoms with E-state index in [1.54, 1.807) is 0 Å². The Labute approximate surface area is 62.6 Å². The van der Waals surface area contributed by atoms with Crippen LogP contribution >= 0.6 is 0 Å². The van der Waals surface area contributed by atoms with Crippen LogP contribution in [0.25, 0.3) is 0 Å². The Bertz CT molecular complexity index is 108. The van der Waals surface area contributed by atoms with Crippen LogP contribution in [0.2, 0.25) is 0 Å². The molecule has 2 heteroatoms. The second kappa shape index (κ2) is 2.51. The van der Waals surface area contributed by atoms with Crippen molar-refractivity contribution in [2.75, 3.05) is 33.2 Å². The molecule has 0 aromatic carbocycles. The van der Waals surface area contributed by atoms with Crippen molar-refractivity contribution in [1.29, 1.82) is 0 Å². The summed E-state index contributed by atoms with van der Waals surface area (Å²) in [5.41, 5.74) is 0. The molecule has 2 nitrogen and oxygen atoms in total. The average Bonchev–Trinajstić information content (AvgIpc) is 1.85. The summed E-state index contributed by atoms with van der Waals surface area (Å²) < 4.78 is 0. The Morgan fingerprint density at radius 3 is 2.40 bits per heavy atom. The highest BCUT2D eigenvalue weighted by atomic mass is 15.1. The molecule has 10 heavy (non-hydrogen) atoms. The molecule has 0 N–H and O–H groups in total. The van der Waals surface area contributed by atoms with Gasteiger partial charge in [-0.3, -0.25) is 0 Å². The van der Waals surface area contributed by atoms with Gasteiger partial charge < -0.3 is 4.90 Å². The van der Waals surface area contributed by atoms with Crippen LogP contribution in [0.4, 0.5) is 0 Å². The predicted octanol–water partition coefficient (Wildman–Crippen LogP) is 0.172. The third-order valence-electron chi connectivity index (χ3n) is 2.58. The molecular weight excluding hydrogens is 124 g/mol. The standard InChI is InChI=1S/C8H15N2/c1-10-5-7-2-8(6-10)4-9-3-7/h7-8H,2-6H2,1H3. The number of hydrogen-bond donors (Lipinski definition) is 0. The van der Waals surface area contributed by atoms with E-state index in [9.17, 15) is 0 Å². The summed E-state index contributed by atoms with van der Waals surface area (Å²) in [5.74, 6) is 1.77. The smallest absolute Gasteiger partial charge is 0.0174 e. The van der Waals surface area contributed by atoms with Crippen molar-refractivity contribution in [3.05, 3.63) is 0 Å². The molecule has 2 bridgehead atoms. The SMILES string of the molecule is CN1CC2C[N]CC(C2)C1. The fraction of sp³-hybridized carbons (Fsp3) is 1.00. The quantitative estimate of drug-likeness (QED) is 0.468. The van der Waals surface area contributed by atoms with Gasteiger partial charge in [0.1, 0.15) is 0 Å². The minimum Gasteiger partial charge on any atom is -0.306 e. The summed E-state index contributed by atoms with van der Waals surface area (Å²) in [5, 5.41) is 4.47. The maximum atomic E-state index is 4.47. The largest absolute Gasteiger partial charge is 0.306 e. The van der Waals surface area contributed by atoms with Gasteiger partial charge in [-0.05, 0) is 25.3 Å². The van der Waals surface area contributed by atoms with Gasteiger partial charge in [-0.25, -0.2) is 5.32 Å². The van der Waals surface area contributed by atoms with Crippen molar-refractivity contribution in [3.8, 4) is 0 Å². The molecule has 0 saturated carbocycles. The van der Waals surface area contributed by atoms with Crippen molar-refractivity contribution >= 4 is 0 Å². The van der Waals surface area contributed by atoms with E-state index in [1.165, 1.54) is 19.5 Å². The Hall–Kier alpha value is -0.0800. The van der Waals surface area contributed by atoms with E-state index in [4.69, 9.17) is 0 Å². The molecular formula is C8H15N2. The third kappa shape index (κ3) is 1.18. The molecule has 2 fully saturated rings. The van der Waals surface area contributed by atoms with Gasteiger partial charge in [-0.15, -0.1) is 0 Å². The van der Waals surface area contributed by atoms with Crippen LogP contribution in [0.3, 0.4) is 0 Å². The highest BCUT2D eigenvalue weighted by Crippen LogP contribution is 2.23. The first-order valence-electron chi connectivity index (χ1n) is 4.16.